The Bertz CT molecular complexity index is 628. The molecule has 0 saturated carbocycles. The van der Waals surface area contributed by atoms with Gasteiger partial charge in [-0.05, 0) is 13.0 Å². The van der Waals surface area contributed by atoms with Gasteiger partial charge in [0.15, 0.2) is 4.90 Å². The number of nitrogens with zero attached hydrogens (tertiary/aromatic N) is 2. The van der Waals surface area contributed by atoms with Crippen LogP contribution < -0.4 is 9.88 Å². The summed E-state index contributed by atoms with van der Waals surface area (Å²) < 4.78 is 61.8. The zero-order valence-electron chi connectivity index (χ0n) is 9.13. The third kappa shape index (κ3) is 3.75. The Balaban J connectivity index is 3.64. The molecule has 0 amide bonds. The lowest BCUT2D eigenvalue weighted by Crippen LogP contribution is -2.21. The number of nitro groups is 1. The number of sulfonamides is 1. The van der Waals surface area contributed by atoms with E-state index >= 15 is 0 Å². The van der Waals surface area contributed by atoms with E-state index < -0.39 is 37.8 Å². The van der Waals surface area contributed by atoms with Crippen LogP contribution in [0.2, 0.25) is 0 Å². The van der Waals surface area contributed by atoms with Crippen LogP contribution in [0.4, 0.5) is 18.9 Å². The van der Waals surface area contributed by atoms with Crippen molar-refractivity contribution < 1.29 is 31.2 Å². The molecule has 0 fully saturated rings. The molecule has 1 aromatic rings. The zero-order chi connectivity index (χ0) is 15.0. The van der Waals surface area contributed by atoms with Crippen molar-refractivity contribution >= 4 is 15.7 Å². The first-order valence-electron chi connectivity index (χ1n) is 4.36. The number of aromatic nitrogens is 1. The molecule has 12 heteroatoms. The molecular weight excluding hydrogens is 295 g/mol. The van der Waals surface area contributed by atoms with E-state index in [2.05, 4.69) is 9.72 Å². The van der Waals surface area contributed by atoms with Crippen LogP contribution in [-0.4, -0.2) is 24.7 Å². The molecule has 19 heavy (non-hydrogen) atoms. The van der Waals surface area contributed by atoms with E-state index in [9.17, 15) is 31.7 Å². The molecule has 0 radical (unpaired) electrons. The highest BCUT2D eigenvalue weighted by Crippen LogP contribution is 2.35. The van der Waals surface area contributed by atoms with Crippen LogP contribution in [0, 0.1) is 17.0 Å². The summed E-state index contributed by atoms with van der Waals surface area (Å²) in [4.78, 5) is 11.4. The number of hydrogen-bond acceptors (Lipinski definition) is 6. The van der Waals surface area contributed by atoms with Gasteiger partial charge >= 0.3 is 17.9 Å². The summed E-state index contributed by atoms with van der Waals surface area (Å²) in [5.41, 5.74) is -1.71. The summed E-state index contributed by atoms with van der Waals surface area (Å²) in [5, 5.41) is 15.4. The summed E-state index contributed by atoms with van der Waals surface area (Å²) >= 11 is 0. The molecule has 0 aromatic carbocycles. The number of alkyl halides is 3. The number of rotatable bonds is 3. The van der Waals surface area contributed by atoms with Gasteiger partial charge in [-0.1, -0.05) is 0 Å². The van der Waals surface area contributed by atoms with Gasteiger partial charge in [0.25, 0.3) is 0 Å². The second-order valence-electron chi connectivity index (χ2n) is 3.27. The first-order chi connectivity index (χ1) is 8.42. The Morgan fingerprint density at radius 2 is 2.00 bits per heavy atom. The molecule has 1 heterocycles. The number of halogens is 3. The van der Waals surface area contributed by atoms with Gasteiger partial charge in [0.05, 0.1) is 4.92 Å². The predicted molar refractivity (Wildman–Crippen MR) is 53.7 cm³/mol. The molecule has 0 saturated heterocycles. The zero-order valence-corrected chi connectivity index (χ0v) is 9.95. The molecule has 2 N–H and O–H groups in total. The first-order valence-corrected chi connectivity index (χ1v) is 5.91. The van der Waals surface area contributed by atoms with Gasteiger partial charge in [-0.2, -0.15) is 0 Å². The van der Waals surface area contributed by atoms with Crippen molar-refractivity contribution in [3.63, 3.8) is 0 Å². The van der Waals surface area contributed by atoms with Crippen molar-refractivity contribution in [1.82, 2.24) is 4.98 Å². The summed E-state index contributed by atoms with van der Waals surface area (Å²) in [6.07, 6.45) is -5.26. The predicted octanol–water partition coefficient (Wildman–Crippen LogP) is 0.844. The quantitative estimate of drug-likeness (QED) is 0.651. The summed E-state index contributed by atoms with van der Waals surface area (Å²) in [6, 6.07) is 0.677. The smallest absolute Gasteiger partial charge is 0.381 e. The van der Waals surface area contributed by atoms with Gasteiger partial charge in [-0.3, -0.25) is 10.1 Å². The van der Waals surface area contributed by atoms with E-state index in [4.69, 9.17) is 5.14 Å². The van der Waals surface area contributed by atoms with Crippen LogP contribution in [-0.2, 0) is 10.0 Å². The lowest BCUT2D eigenvalue weighted by atomic mass is 10.3. The number of aryl methyl sites for hydroxylation is 1. The van der Waals surface area contributed by atoms with Gasteiger partial charge in [0.1, 0.15) is 0 Å². The molecule has 0 aliphatic heterocycles. The van der Waals surface area contributed by atoms with Crippen LogP contribution in [0.3, 0.4) is 0 Å². The summed E-state index contributed by atoms with van der Waals surface area (Å²) in [7, 11) is -4.61. The molecule has 1 rings (SSSR count). The molecule has 0 aliphatic rings. The van der Waals surface area contributed by atoms with Crippen LogP contribution in [0.5, 0.6) is 5.88 Å². The average molecular weight is 301 g/mol. The Hall–Kier alpha value is -1.95. The number of primary sulfonamides is 1. The first kappa shape index (κ1) is 15.1. The topological polar surface area (TPSA) is 125 Å². The molecule has 0 atom stereocenters. The van der Waals surface area contributed by atoms with Crippen molar-refractivity contribution in [3.8, 4) is 5.88 Å². The second-order valence-corrected chi connectivity index (χ2v) is 4.80. The highest BCUT2D eigenvalue weighted by atomic mass is 32.2. The standard InChI is InChI=1S/C7H6F3N3O5S/c1-3-2-4(19(11,16)17)5(13(14)15)6(12-3)18-7(8,9)10/h2H,1H3,(H2,11,16,17). The average Bonchev–Trinajstić information content (AvgIpc) is 2.11. The van der Waals surface area contributed by atoms with Crippen molar-refractivity contribution in [1.29, 1.82) is 0 Å². The lowest BCUT2D eigenvalue weighted by molar-refractivity contribution is -0.392. The lowest BCUT2D eigenvalue weighted by Gasteiger charge is -2.10. The van der Waals surface area contributed by atoms with Crippen LogP contribution in [0.1, 0.15) is 5.69 Å². The number of nitrogens with two attached hydrogens (primary N) is 1. The minimum atomic E-state index is -5.26. The maximum Gasteiger partial charge on any atom is 0.574 e. The fourth-order valence-corrected chi connectivity index (χ4v) is 1.94. The third-order valence-corrected chi connectivity index (χ3v) is 2.68. The van der Waals surface area contributed by atoms with E-state index in [0.717, 1.165) is 6.92 Å². The molecule has 8 nitrogen and oxygen atoms in total. The molecule has 1 aromatic heterocycles. The van der Waals surface area contributed by atoms with Crippen molar-refractivity contribution in [2.24, 2.45) is 5.14 Å². The Morgan fingerprint density at radius 3 is 2.37 bits per heavy atom. The highest BCUT2D eigenvalue weighted by molar-refractivity contribution is 7.89. The van der Waals surface area contributed by atoms with E-state index in [1.54, 1.807) is 0 Å². The fourth-order valence-electron chi connectivity index (χ4n) is 1.17. The van der Waals surface area contributed by atoms with Gasteiger partial charge in [-0.15, -0.1) is 13.2 Å². The SMILES string of the molecule is Cc1cc(S(N)(=O)=O)c([N+](=O)[O-])c(OC(F)(F)F)n1. The van der Waals surface area contributed by atoms with E-state index in [-0.39, 0.29) is 5.69 Å². The molecular formula is C7H6F3N3O5S. The molecule has 0 bridgehead atoms. The molecule has 106 valence electrons. The molecule has 0 unspecified atom stereocenters. The highest BCUT2D eigenvalue weighted by Gasteiger charge is 2.38. The molecule has 0 aliphatic carbocycles. The van der Waals surface area contributed by atoms with Gasteiger partial charge in [0.2, 0.25) is 10.0 Å². The van der Waals surface area contributed by atoms with Crippen molar-refractivity contribution in [2.45, 2.75) is 18.2 Å². The summed E-state index contributed by atoms with van der Waals surface area (Å²) in [6.45, 7) is 1.13. The van der Waals surface area contributed by atoms with E-state index in [0.29, 0.717) is 6.07 Å². The van der Waals surface area contributed by atoms with E-state index in [1.165, 1.54) is 0 Å². The van der Waals surface area contributed by atoms with Crippen LogP contribution in [0.25, 0.3) is 0 Å². The van der Waals surface area contributed by atoms with Crippen LogP contribution >= 0.6 is 0 Å². The Morgan fingerprint density at radius 1 is 1.47 bits per heavy atom. The van der Waals surface area contributed by atoms with Gasteiger partial charge < -0.3 is 4.74 Å². The van der Waals surface area contributed by atoms with Crippen molar-refractivity contribution in [2.75, 3.05) is 0 Å². The van der Waals surface area contributed by atoms with Gasteiger partial charge in [0, 0.05) is 5.69 Å². The second kappa shape index (κ2) is 4.62. The third-order valence-electron chi connectivity index (χ3n) is 1.76. The van der Waals surface area contributed by atoms with Crippen molar-refractivity contribution in [3.05, 3.63) is 21.9 Å². The molecule has 0 spiro atoms. The largest absolute Gasteiger partial charge is 0.574 e. The monoisotopic (exact) mass is 301 g/mol. The number of ether oxygens (including phenoxy) is 1. The van der Waals surface area contributed by atoms with Crippen LogP contribution in [0.15, 0.2) is 11.0 Å². The van der Waals surface area contributed by atoms with E-state index in [1.807, 2.05) is 0 Å². The maximum atomic E-state index is 12.1. The summed E-state index contributed by atoms with van der Waals surface area (Å²) in [5.74, 6) is -1.48. The maximum absolute atomic E-state index is 12.1. The number of pyridine rings is 1. The van der Waals surface area contributed by atoms with Gasteiger partial charge in [-0.25, -0.2) is 18.5 Å². The normalized spacial score (nSPS) is 12.3. The number of hydrogen-bond donors (Lipinski definition) is 1. The minimum absolute atomic E-state index is 0.242. The Labute approximate surface area is 104 Å². The Kier molecular flexibility index (Phi) is 3.67. The fraction of sp³-hybridized carbons (Fsp3) is 0.286. The minimum Gasteiger partial charge on any atom is -0.381 e.